The van der Waals surface area contributed by atoms with E-state index in [0.29, 0.717) is 0 Å². The Bertz CT molecular complexity index is 1470. The summed E-state index contributed by atoms with van der Waals surface area (Å²) < 4.78 is 4.51. The third-order valence-electron chi connectivity index (χ3n) is 7.40. The summed E-state index contributed by atoms with van der Waals surface area (Å²) in [4.78, 5) is 0. The maximum absolute atomic E-state index is 2.37. The molecular weight excluding hydrogens is 412 g/mol. The predicted octanol–water partition coefficient (Wildman–Crippen LogP) is 6.13. The average Bonchev–Trinajstić information content (AvgIpc) is 2.84. The molecular formula is C32H32N2+2. The summed E-state index contributed by atoms with van der Waals surface area (Å²) in [5.74, 6) is 0. The van der Waals surface area contributed by atoms with Gasteiger partial charge in [0.15, 0.2) is 18.1 Å². The van der Waals surface area contributed by atoms with E-state index < -0.39 is 0 Å². The number of hydrogen-bond donors (Lipinski definition) is 0. The summed E-state index contributed by atoms with van der Waals surface area (Å²) in [6.45, 7) is 6.87. The molecule has 0 amide bonds. The van der Waals surface area contributed by atoms with E-state index in [-0.39, 0.29) is 5.41 Å². The minimum absolute atomic E-state index is 0.309. The highest BCUT2D eigenvalue weighted by Crippen LogP contribution is 2.42. The molecule has 2 aromatic heterocycles. The van der Waals surface area contributed by atoms with Crippen LogP contribution >= 0.6 is 0 Å². The molecule has 0 radical (unpaired) electrons. The summed E-state index contributed by atoms with van der Waals surface area (Å²) in [5.41, 5.74) is 8.72. The van der Waals surface area contributed by atoms with Gasteiger partial charge in [0.1, 0.15) is 19.5 Å². The fraction of sp³-hybridized carbons (Fsp3) is 0.188. The van der Waals surface area contributed by atoms with E-state index in [1.54, 1.807) is 0 Å². The Morgan fingerprint density at radius 3 is 2.09 bits per heavy atom. The summed E-state index contributed by atoms with van der Waals surface area (Å²) in [7, 11) is 4.29. The molecule has 0 bridgehead atoms. The normalized spacial score (nSPS) is 13.1. The van der Waals surface area contributed by atoms with Crippen LogP contribution in [0, 0.1) is 13.8 Å². The molecule has 0 saturated carbocycles. The second-order valence-corrected chi connectivity index (χ2v) is 9.51. The highest BCUT2D eigenvalue weighted by molar-refractivity contribution is 5.84. The lowest BCUT2D eigenvalue weighted by Crippen LogP contribution is -2.43. The maximum Gasteiger partial charge on any atom is 0.213 e. The Balaban J connectivity index is 1.80. The fourth-order valence-corrected chi connectivity index (χ4v) is 5.61. The average molecular weight is 445 g/mol. The van der Waals surface area contributed by atoms with Gasteiger partial charge in [-0.2, -0.15) is 0 Å². The summed E-state index contributed by atoms with van der Waals surface area (Å²) in [6, 6.07) is 33.0. The van der Waals surface area contributed by atoms with Gasteiger partial charge in [-0.15, -0.1) is 0 Å². The molecule has 1 atom stereocenters. The van der Waals surface area contributed by atoms with Crippen LogP contribution in [0.4, 0.5) is 0 Å². The van der Waals surface area contributed by atoms with Gasteiger partial charge >= 0.3 is 0 Å². The lowest BCUT2D eigenvalue weighted by molar-refractivity contribution is -0.681. The number of aromatic nitrogens is 2. The van der Waals surface area contributed by atoms with Crippen LogP contribution in [0.25, 0.3) is 22.0 Å². The van der Waals surface area contributed by atoms with E-state index in [1.165, 1.54) is 50.0 Å². The third-order valence-corrected chi connectivity index (χ3v) is 7.40. The second-order valence-electron chi connectivity index (χ2n) is 9.51. The Morgan fingerprint density at radius 2 is 1.32 bits per heavy atom. The second kappa shape index (κ2) is 8.53. The van der Waals surface area contributed by atoms with Crippen LogP contribution < -0.4 is 9.13 Å². The van der Waals surface area contributed by atoms with Crippen LogP contribution in [-0.4, -0.2) is 0 Å². The number of rotatable bonds is 4. The van der Waals surface area contributed by atoms with Crippen molar-refractivity contribution in [2.75, 3.05) is 0 Å². The van der Waals surface area contributed by atoms with Crippen LogP contribution in [0.2, 0.25) is 0 Å². The highest BCUT2D eigenvalue weighted by Gasteiger charge is 2.40. The van der Waals surface area contributed by atoms with E-state index in [9.17, 15) is 0 Å². The predicted molar refractivity (Wildman–Crippen MR) is 140 cm³/mol. The van der Waals surface area contributed by atoms with Gasteiger partial charge in [-0.1, -0.05) is 60.7 Å². The van der Waals surface area contributed by atoms with Gasteiger partial charge in [0, 0.05) is 29.1 Å². The Hall–Kier alpha value is -3.78. The highest BCUT2D eigenvalue weighted by atomic mass is 14.9. The van der Waals surface area contributed by atoms with Crippen molar-refractivity contribution >= 4 is 10.8 Å². The van der Waals surface area contributed by atoms with Gasteiger partial charge in [-0.05, 0) is 60.5 Å². The van der Waals surface area contributed by atoms with Gasteiger partial charge in [-0.25, -0.2) is 9.13 Å². The van der Waals surface area contributed by atoms with Gasteiger partial charge in [0.05, 0.1) is 0 Å². The minimum Gasteiger partial charge on any atom is -0.204 e. The molecule has 0 fully saturated rings. The Labute approximate surface area is 202 Å². The van der Waals surface area contributed by atoms with Crippen LogP contribution in [0.1, 0.15) is 34.9 Å². The van der Waals surface area contributed by atoms with Crippen molar-refractivity contribution in [1.82, 2.24) is 0 Å². The Kier molecular flexibility index (Phi) is 5.53. The monoisotopic (exact) mass is 444 g/mol. The molecule has 0 saturated heterocycles. The molecule has 34 heavy (non-hydrogen) atoms. The molecule has 0 aliphatic rings. The van der Waals surface area contributed by atoms with Gasteiger partial charge < -0.3 is 0 Å². The minimum atomic E-state index is -0.309. The molecule has 2 heteroatoms. The lowest BCUT2D eigenvalue weighted by Gasteiger charge is -2.32. The molecule has 1 unspecified atom stereocenters. The topological polar surface area (TPSA) is 7.76 Å². The standard InChI is InChI=1S/C32H32N2/c1-23-13-6-9-17-28(23)32(3,31-19-10-11-20-33(31)4)29-18-12-16-27(24(29)2)30-21-25-14-7-8-15-26(25)22-34(30)5/h6-22H,1-5H3/q+2. The molecule has 0 spiro atoms. The van der Waals surface area contributed by atoms with Crippen molar-refractivity contribution in [3.8, 4) is 11.3 Å². The van der Waals surface area contributed by atoms with Crippen molar-refractivity contribution in [2.24, 2.45) is 14.1 Å². The number of hydrogen-bond acceptors (Lipinski definition) is 0. The largest absolute Gasteiger partial charge is 0.213 e. The third kappa shape index (κ3) is 3.51. The molecule has 5 rings (SSSR count). The SMILES string of the molecule is Cc1ccccc1C(C)(c1cccc(-c2cc3ccccc3c[n+]2C)c1C)c1cccc[n+]1C. The summed E-state index contributed by atoms with van der Waals surface area (Å²) in [5, 5.41) is 2.51. The van der Waals surface area contributed by atoms with Crippen molar-refractivity contribution in [3.63, 3.8) is 0 Å². The zero-order valence-electron chi connectivity index (χ0n) is 20.7. The number of fused-ring (bicyclic) bond motifs is 1. The molecule has 2 heterocycles. The number of benzene rings is 3. The smallest absolute Gasteiger partial charge is 0.204 e. The number of pyridine rings is 2. The number of nitrogens with zero attached hydrogens (tertiary/aromatic N) is 2. The van der Waals surface area contributed by atoms with Gasteiger partial charge in [0.2, 0.25) is 5.69 Å². The summed E-state index contributed by atoms with van der Waals surface area (Å²) >= 11 is 0. The first-order valence-corrected chi connectivity index (χ1v) is 11.9. The Morgan fingerprint density at radius 1 is 0.647 bits per heavy atom. The van der Waals surface area contributed by atoms with Crippen LogP contribution in [0.3, 0.4) is 0 Å². The first kappa shape index (κ1) is 22.0. The van der Waals surface area contributed by atoms with Gasteiger partial charge in [0.25, 0.3) is 0 Å². The molecule has 2 nitrogen and oxygen atoms in total. The van der Waals surface area contributed by atoms with Crippen molar-refractivity contribution in [3.05, 3.63) is 131 Å². The van der Waals surface area contributed by atoms with Crippen molar-refractivity contribution < 1.29 is 9.13 Å². The van der Waals surface area contributed by atoms with Gasteiger partial charge in [-0.3, -0.25) is 0 Å². The van der Waals surface area contributed by atoms with E-state index >= 15 is 0 Å². The molecule has 168 valence electrons. The van der Waals surface area contributed by atoms with E-state index in [2.05, 4.69) is 147 Å². The molecule has 0 aliphatic carbocycles. The van der Waals surface area contributed by atoms with Crippen LogP contribution in [0.5, 0.6) is 0 Å². The van der Waals surface area contributed by atoms with Crippen molar-refractivity contribution in [1.29, 1.82) is 0 Å². The van der Waals surface area contributed by atoms with Crippen molar-refractivity contribution in [2.45, 2.75) is 26.2 Å². The van der Waals surface area contributed by atoms with Crippen LogP contribution in [0.15, 0.2) is 103 Å². The molecule has 0 aliphatic heterocycles. The zero-order chi connectivity index (χ0) is 23.9. The molecule has 0 N–H and O–H groups in total. The maximum atomic E-state index is 2.37. The zero-order valence-corrected chi connectivity index (χ0v) is 20.7. The van der Waals surface area contributed by atoms with E-state index in [4.69, 9.17) is 0 Å². The number of aryl methyl sites for hydroxylation is 3. The fourth-order valence-electron chi connectivity index (χ4n) is 5.61. The molecule has 3 aromatic carbocycles. The first-order valence-electron chi connectivity index (χ1n) is 11.9. The quantitative estimate of drug-likeness (QED) is 0.295. The van der Waals surface area contributed by atoms with Crippen LogP contribution in [-0.2, 0) is 19.5 Å². The van der Waals surface area contributed by atoms with E-state index in [1.807, 2.05) is 0 Å². The summed E-state index contributed by atoms with van der Waals surface area (Å²) in [6.07, 6.45) is 4.38. The van der Waals surface area contributed by atoms with E-state index in [0.717, 1.165) is 0 Å². The first-order chi connectivity index (χ1) is 16.4. The molecule has 5 aromatic rings. The lowest BCUT2D eigenvalue weighted by atomic mass is 9.69.